The first-order chi connectivity index (χ1) is 11.9. The maximum absolute atomic E-state index is 11.5. The molecule has 8 nitrogen and oxygen atoms in total. The Kier molecular flexibility index (Phi) is 6.84. The number of esters is 2. The fourth-order valence-corrected chi connectivity index (χ4v) is 5.02. The Balaban J connectivity index is 2.32. The van der Waals surface area contributed by atoms with Crippen molar-refractivity contribution in [3.05, 3.63) is 40.8 Å². The van der Waals surface area contributed by atoms with E-state index < -0.39 is 41.3 Å². The van der Waals surface area contributed by atoms with Crippen LogP contribution in [0.5, 0.6) is 0 Å². The van der Waals surface area contributed by atoms with Crippen LogP contribution >= 0.6 is 0 Å². The molecular weight excluding hydrogens is 393 g/mol. The first-order valence-electron chi connectivity index (χ1n) is 7.68. The molecule has 0 aliphatic carbocycles. The molecule has 1 aliphatic heterocycles. The van der Waals surface area contributed by atoms with Crippen molar-refractivity contribution in [1.82, 2.24) is 0 Å². The van der Waals surface area contributed by atoms with Crippen LogP contribution in [0.4, 0.5) is 0 Å². The fourth-order valence-electron chi connectivity index (χ4n) is 2.58. The van der Waals surface area contributed by atoms with Crippen LogP contribution in [0.25, 0.3) is 10.4 Å². The molecule has 3 unspecified atom stereocenters. The summed E-state index contributed by atoms with van der Waals surface area (Å²) in [6.07, 6.45) is -2.23. The third kappa shape index (κ3) is 5.21. The number of carbonyl (C=O) groups excluding carboxylic acids is 2. The van der Waals surface area contributed by atoms with E-state index in [0.29, 0.717) is 0 Å². The average Bonchev–Trinajstić information content (AvgIpc) is 2.55. The van der Waals surface area contributed by atoms with Crippen molar-refractivity contribution in [3.8, 4) is 0 Å². The van der Waals surface area contributed by atoms with Crippen LogP contribution in [0.2, 0.25) is 0 Å². The zero-order chi connectivity index (χ0) is 18.4. The van der Waals surface area contributed by atoms with Gasteiger partial charge in [0.05, 0.1) is 0 Å². The number of hydrogen-bond acceptors (Lipinski definition) is 6. The van der Waals surface area contributed by atoms with Crippen molar-refractivity contribution in [2.24, 2.45) is 5.11 Å². The normalized spacial score (nSPS) is 28.5. The van der Waals surface area contributed by atoms with Gasteiger partial charge in [0.2, 0.25) is 0 Å². The van der Waals surface area contributed by atoms with E-state index in [1.807, 2.05) is 30.3 Å². The van der Waals surface area contributed by atoms with Gasteiger partial charge in [-0.3, -0.25) is 0 Å². The van der Waals surface area contributed by atoms with Crippen molar-refractivity contribution in [2.75, 3.05) is 0 Å². The van der Waals surface area contributed by atoms with Gasteiger partial charge in [-0.15, -0.1) is 0 Å². The van der Waals surface area contributed by atoms with Crippen molar-refractivity contribution >= 4 is 31.4 Å². The quantitative estimate of drug-likeness (QED) is 0.238. The second-order valence-corrected chi connectivity index (χ2v) is 7.94. The molecule has 1 heterocycles. The number of ether oxygens (including phenoxy) is 3. The van der Waals surface area contributed by atoms with Gasteiger partial charge in [-0.1, -0.05) is 0 Å². The van der Waals surface area contributed by atoms with E-state index in [1.54, 1.807) is 6.92 Å². The summed E-state index contributed by atoms with van der Waals surface area (Å²) >= 11 is -0.187. The van der Waals surface area contributed by atoms with E-state index in [4.69, 9.17) is 19.7 Å². The Morgan fingerprint density at radius 2 is 1.76 bits per heavy atom. The van der Waals surface area contributed by atoms with E-state index in [9.17, 15) is 9.59 Å². The fraction of sp³-hybridized carbons (Fsp3) is 0.500. The standard InChI is InChI=1S/C16H19N3O5Se/c1-9-14(23-10(2)20)15(24-11(3)21)13(18-19-17)16(22-9)25-12-7-5-4-6-8-12/h4-9,13-16H,1-3H3/t9?,13?,14-,15?,16+/m0/s1. The number of hydrogen-bond donors (Lipinski definition) is 0. The molecule has 134 valence electrons. The Morgan fingerprint density at radius 1 is 1.16 bits per heavy atom. The number of rotatable bonds is 5. The minimum absolute atomic E-state index is 0.187. The Morgan fingerprint density at radius 3 is 2.32 bits per heavy atom. The first kappa shape index (κ1) is 19.3. The summed E-state index contributed by atoms with van der Waals surface area (Å²) in [5, 5.41) is 3.34. The van der Waals surface area contributed by atoms with Gasteiger partial charge in [0.25, 0.3) is 0 Å². The molecule has 25 heavy (non-hydrogen) atoms. The molecule has 1 fully saturated rings. The first-order valence-corrected chi connectivity index (χ1v) is 9.52. The van der Waals surface area contributed by atoms with Crippen LogP contribution in [0, 0.1) is 0 Å². The van der Waals surface area contributed by atoms with Crippen LogP contribution in [0.3, 0.4) is 0 Å². The topological polar surface area (TPSA) is 111 Å². The number of azide groups is 1. The summed E-state index contributed by atoms with van der Waals surface area (Å²) in [7, 11) is 0. The second-order valence-electron chi connectivity index (χ2n) is 5.48. The zero-order valence-electron chi connectivity index (χ0n) is 14.1. The molecule has 0 spiro atoms. The van der Waals surface area contributed by atoms with Gasteiger partial charge in [-0.2, -0.15) is 0 Å². The van der Waals surface area contributed by atoms with Crippen LogP contribution in [0.15, 0.2) is 35.4 Å². The molecule has 1 saturated heterocycles. The van der Waals surface area contributed by atoms with Gasteiger partial charge < -0.3 is 0 Å². The van der Waals surface area contributed by atoms with Crippen molar-refractivity contribution < 1.29 is 23.8 Å². The molecule has 9 heteroatoms. The van der Waals surface area contributed by atoms with Crippen molar-refractivity contribution in [3.63, 3.8) is 0 Å². The maximum atomic E-state index is 11.5. The van der Waals surface area contributed by atoms with E-state index >= 15 is 0 Å². The second kappa shape index (κ2) is 8.87. The molecular formula is C16H19N3O5Se. The van der Waals surface area contributed by atoms with E-state index in [-0.39, 0.29) is 15.0 Å². The summed E-state index contributed by atoms with van der Waals surface area (Å²) in [5.41, 5.74) is 8.95. The number of nitrogens with zero attached hydrogens (tertiary/aromatic N) is 3. The minimum atomic E-state index is -0.892. The zero-order valence-corrected chi connectivity index (χ0v) is 15.8. The molecule has 0 aromatic heterocycles. The summed E-state index contributed by atoms with van der Waals surface area (Å²) in [4.78, 5) is 25.8. The summed E-state index contributed by atoms with van der Waals surface area (Å²) in [6.45, 7) is 4.26. The van der Waals surface area contributed by atoms with Crippen LogP contribution in [0.1, 0.15) is 20.8 Å². The molecule has 0 N–H and O–H groups in total. The van der Waals surface area contributed by atoms with Gasteiger partial charge >= 0.3 is 151 Å². The van der Waals surface area contributed by atoms with Gasteiger partial charge in [0.1, 0.15) is 0 Å². The summed E-state index contributed by atoms with van der Waals surface area (Å²) in [5.74, 6) is -1.07. The van der Waals surface area contributed by atoms with Crippen LogP contribution in [-0.2, 0) is 23.8 Å². The van der Waals surface area contributed by atoms with Gasteiger partial charge in [0.15, 0.2) is 0 Å². The average molecular weight is 412 g/mol. The Hall–Kier alpha value is -2.05. The Labute approximate surface area is 151 Å². The number of benzene rings is 1. The molecule has 0 bridgehead atoms. The Bertz CT molecular complexity index is 665. The molecule has 1 aromatic carbocycles. The van der Waals surface area contributed by atoms with Crippen molar-refractivity contribution in [2.45, 2.75) is 50.1 Å². The van der Waals surface area contributed by atoms with Crippen LogP contribution in [-0.4, -0.2) is 56.3 Å². The van der Waals surface area contributed by atoms with Gasteiger partial charge in [-0.25, -0.2) is 0 Å². The monoisotopic (exact) mass is 413 g/mol. The van der Waals surface area contributed by atoms with E-state index in [0.717, 1.165) is 4.46 Å². The molecule has 2 rings (SSSR count). The molecule has 5 atom stereocenters. The molecule has 0 saturated carbocycles. The third-order valence-corrected chi connectivity index (χ3v) is 5.98. The van der Waals surface area contributed by atoms with Crippen LogP contribution < -0.4 is 4.46 Å². The van der Waals surface area contributed by atoms with E-state index in [2.05, 4.69) is 10.0 Å². The number of carbonyl (C=O) groups is 2. The van der Waals surface area contributed by atoms with Gasteiger partial charge in [0, 0.05) is 0 Å². The third-order valence-electron chi connectivity index (χ3n) is 3.54. The predicted octanol–water partition coefficient (Wildman–Crippen LogP) is 1.30. The summed E-state index contributed by atoms with van der Waals surface area (Å²) < 4.78 is 17.7. The SMILES string of the molecule is CC(=O)OC1C(N=[N+]=[N-])[C@@H]([Se]c2ccccc2)OC(C)[C@@H]1OC(C)=O. The molecule has 0 radical (unpaired) electrons. The summed E-state index contributed by atoms with van der Waals surface area (Å²) in [6, 6.07) is 8.87. The van der Waals surface area contributed by atoms with Gasteiger partial charge in [-0.05, 0) is 0 Å². The van der Waals surface area contributed by atoms with E-state index in [1.165, 1.54) is 13.8 Å². The predicted molar refractivity (Wildman–Crippen MR) is 90.2 cm³/mol. The van der Waals surface area contributed by atoms with Crippen molar-refractivity contribution in [1.29, 1.82) is 0 Å². The molecule has 1 aliphatic rings. The molecule has 1 aromatic rings. The molecule has 0 amide bonds.